The molecule has 0 rings (SSSR count). The zero-order chi connectivity index (χ0) is 7.98. The van der Waals surface area contributed by atoms with Gasteiger partial charge >= 0.3 is 0 Å². The third-order valence-corrected chi connectivity index (χ3v) is 1.82. The quantitative estimate of drug-likeness (QED) is 0.470. The second-order valence-electron chi connectivity index (χ2n) is 2.90. The summed E-state index contributed by atoms with van der Waals surface area (Å²) < 4.78 is 0. The molecule has 0 heterocycles. The molecule has 0 atom stereocenters. The molecule has 0 radical (unpaired) electrons. The normalized spacial score (nSPS) is 11.4. The smallest absolute Gasteiger partial charge is 0.0237 e. The van der Waals surface area contributed by atoms with Gasteiger partial charge in [-0.3, -0.25) is 5.84 Å². The van der Waals surface area contributed by atoms with Gasteiger partial charge in [0.1, 0.15) is 0 Å². The SMILES string of the molecule is CCCC(CCC)N(C)N. The zero-order valence-corrected chi connectivity index (χ0v) is 7.43. The number of hydrogen-bond acceptors (Lipinski definition) is 2. The van der Waals surface area contributed by atoms with E-state index in [1.54, 1.807) is 0 Å². The first-order valence-electron chi connectivity index (χ1n) is 4.19. The average molecular weight is 144 g/mol. The van der Waals surface area contributed by atoms with Gasteiger partial charge in [0, 0.05) is 13.1 Å². The van der Waals surface area contributed by atoms with Crippen molar-refractivity contribution in [3.63, 3.8) is 0 Å². The Morgan fingerprint density at radius 1 is 1.20 bits per heavy atom. The van der Waals surface area contributed by atoms with Crippen LogP contribution in [0.15, 0.2) is 0 Å². The van der Waals surface area contributed by atoms with Crippen molar-refractivity contribution in [3.05, 3.63) is 0 Å². The molecule has 2 heteroatoms. The van der Waals surface area contributed by atoms with E-state index >= 15 is 0 Å². The van der Waals surface area contributed by atoms with Crippen molar-refractivity contribution in [2.24, 2.45) is 5.84 Å². The van der Waals surface area contributed by atoms with Crippen LogP contribution in [0.2, 0.25) is 0 Å². The van der Waals surface area contributed by atoms with E-state index in [0.717, 1.165) is 0 Å². The van der Waals surface area contributed by atoms with E-state index < -0.39 is 0 Å². The standard InChI is InChI=1S/C8H20N2/c1-4-6-8(7-5-2)10(3)9/h8H,4-7,9H2,1-3H3. The predicted molar refractivity (Wildman–Crippen MR) is 45.6 cm³/mol. The Kier molecular flexibility index (Phi) is 5.64. The van der Waals surface area contributed by atoms with Crippen LogP contribution in [0.5, 0.6) is 0 Å². The molecule has 2 N–H and O–H groups in total. The van der Waals surface area contributed by atoms with Crippen LogP contribution in [-0.2, 0) is 0 Å². The predicted octanol–water partition coefficient (Wildman–Crippen LogP) is 1.76. The van der Waals surface area contributed by atoms with Gasteiger partial charge in [-0.05, 0) is 12.8 Å². The maximum absolute atomic E-state index is 5.64. The van der Waals surface area contributed by atoms with Crippen molar-refractivity contribution in [2.45, 2.75) is 45.6 Å². The third-order valence-electron chi connectivity index (χ3n) is 1.82. The lowest BCUT2D eigenvalue weighted by Crippen LogP contribution is -2.37. The third kappa shape index (κ3) is 3.85. The first kappa shape index (κ1) is 9.92. The number of nitrogens with zero attached hydrogens (tertiary/aromatic N) is 1. The fraction of sp³-hybridized carbons (Fsp3) is 1.00. The molecular weight excluding hydrogens is 124 g/mol. The van der Waals surface area contributed by atoms with Crippen LogP contribution in [0.1, 0.15) is 39.5 Å². The summed E-state index contributed by atoms with van der Waals surface area (Å²) in [5.74, 6) is 5.64. The van der Waals surface area contributed by atoms with Gasteiger partial charge in [0.2, 0.25) is 0 Å². The van der Waals surface area contributed by atoms with Gasteiger partial charge in [-0.25, -0.2) is 5.01 Å². The van der Waals surface area contributed by atoms with E-state index in [4.69, 9.17) is 5.84 Å². The van der Waals surface area contributed by atoms with Crippen molar-refractivity contribution in [2.75, 3.05) is 7.05 Å². The van der Waals surface area contributed by atoms with Crippen LogP contribution in [0.25, 0.3) is 0 Å². The summed E-state index contributed by atoms with van der Waals surface area (Å²) in [4.78, 5) is 0. The first-order valence-corrected chi connectivity index (χ1v) is 4.19. The first-order chi connectivity index (χ1) is 4.72. The van der Waals surface area contributed by atoms with Crippen LogP contribution in [0.4, 0.5) is 0 Å². The molecule has 0 aliphatic rings. The molecule has 0 aromatic carbocycles. The number of hydrogen-bond donors (Lipinski definition) is 1. The van der Waals surface area contributed by atoms with E-state index in [2.05, 4.69) is 13.8 Å². The summed E-state index contributed by atoms with van der Waals surface area (Å²) in [6.07, 6.45) is 4.90. The minimum atomic E-state index is 0.593. The molecule has 0 unspecified atom stereocenters. The number of rotatable bonds is 5. The minimum Gasteiger partial charge on any atom is -0.269 e. The molecule has 0 aliphatic carbocycles. The second-order valence-corrected chi connectivity index (χ2v) is 2.90. The van der Waals surface area contributed by atoms with Gasteiger partial charge in [0.05, 0.1) is 0 Å². The van der Waals surface area contributed by atoms with Crippen LogP contribution >= 0.6 is 0 Å². The van der Waals surface area contributed by atoms with E-state index in [9.17, 15) is 0 Å². The van der Waals surface area contributed by atoms with Crippen molar-refractivity contribution in [1.82, 2.24) is 5.01 Å². The maximum Gasteiger partial charge on any atom is 0.0237 e. The highest BCUT2D eigenvalue weighted by Gasteiger charge is 2.07. The Morgan fingerprint density at radius 3 is 1.80 bits per heavy atom. The zero-order valence-electron chi connectivity index (χ0n) is 7.43. The van der Waals surface area contributed by atoms with Crippen molar-refractivity contribution >= 4 is 0 Å². The Labute approximate surface area is 64.4 Å². The highest BCUT2D eigenvalue weighted by atomic mass is 15.4. The Bertz CT molecular complexity index is 65.7. The lowest BCUT2D eigenvalue weighted by atomic mass is 10.1. The Morgan fingerprint density at radius 2 is 1.60 bits per heavy atom. The van der Waals surface area contributed by atoms with Gasteiger partial charge in [-0.15, -0.1) is 0 Å². The molecule has 0 aromatic rings. The molecular formula is C8H20N2. The highest BCUT2D eigenvalue weighted by molar-refractivity contribution is 4.62. The van der Waals surface area contributed by atoms with E-state index in [1.165, 1.54) is 25.7 Å². The monoisotopic (exact) mass is 144 g/mol. The minimum absolute atomic E-state index is 0.593. The molecule has 0 saturated carbocycles. The Balaban J connectivity index is 3.50. The lowest BCUT2D eigenvalue weighted by Gasteiger charge is -2.22. The van der Waals surface area contributed by atoms with Gasteiger partial charge in [0.15, 0.2) is 0 Å². The van der Waals surface area contributed by atoms with E-state index in [0.29, 0.717) is 6.04 Å². The highest BCUT2D eigenvalue weighted by Crippen LogP contribution is 2.07. The fourth-order valence-electron chi connectivity index (χ4n) is 1.22. The molecule has 0 spiro atoms. The molecule has 0 bridgehead atoms. The van der Waals surface area contributed by atoms with Gasteiger partial charge < -0.3 is 0 Å². The van der Waals surface area contributed by atoms with Gasteiger partial charge in [0.25, 0.3) is 0 Å². The summed E-state index contributed by atoms with van der Waals surface area (Å²) in [5, 5.41) is 1.84. The number of hydrazine groups is 1. The molecule has 0 amide bonds. The van der Waals surface area contributed by atoms with Crippen LogP contribution < -0.4 is 5.84 Å². The Hall–Kier alpha value is -0.0800. The van der Waals surface area contributed by atoms with Gasteiger partial charge in [-0.2, -0.15) is 0 Å². The van der Waals surface area contributed by atoms with Crippen molar-refractivity contribution < 1.29 is 0 Å². The summed E-state index contributed by atoms with van der Waals surface area (Å²) in [6.45, 7) is 4.40. The summed E-state index contributed by atoms with van der Waals surface area (Å²) in [6, 6.07) is 0.593. The lowest BCUT2D eigenvalue weighted by molar-refractivity contribution is 0.221. The molecule has 2 nitrogen and oxygen atoms in total. The average Bonchev–Trinajstić information content (AvgIpc) is 1.87. The molecule has 0 saturated heterocycles. The largest absolute Gasteiger partial charge is 0.269 e. The van der Waals surface area contributed by atoms with E-state index in [-0.39, 0.29) is 0 Å². The molecule has 62 valence electrons. The fourth-order valence-corrected chi connectivity index (χ4v) is 1.22. The van der Waals surface area contributed by atoms with E-state index in [1.807, 2.05) is 12.1 Å². The molecule has 0 aromatic heterocycles. The van der Waals surface area contributed by atoms with Crippen LogP contribution in [0.3, 0.4) is 0 Å². The molecule has 0 aliphatic heterocycles. The summed E-state index contributed by atoms with van der Waals surface area (Å²) in [7, 11) is 1.95. The van der Waals surface area contributed by atoms with Crippen LogP contribution in [-0.4, -0.2) is 18.1 Å². The topological polar surface area (TPSA) is 29.3 Å². The van der Waals surface area contributed by atoms with Crippen molar-refractivity contribution in [1.29, 1.82) is 0 Å². The summed E-state index contributed by atoms with van der Waals surface area (Å²) in [5.41, 5.74) is 0. The van der Waals surface area contributed by atoms with Gasteiger partial charge in [-0.1, -0.05) is 26.7 Å². The van der Waals surface area contributed by atoms with Crippen molar-refractivity contribution in [3.8, 4) is 0 Å². The van der Waals surface area contributed by atoms with Crippen LogP contribution in [0, 0.1) is 0 Å². The molecule has 10 heavy (non-hydrogen) atoms. The maximum atomic E-state index is 5.64. The second kappa shape index (κ2) is 5.69. The summed E-state index contributed by atoms with van der Waals surface area (Å²) >= 11 is 0. The molecule has 0 fully saturated rings. The number of nitrogens with two attached hydrogens (primary N) is 1.